The Morgan fingerprint density at radius 3 is 2.83 bits per heavy atom. The number of hydrogen-bond acceptors (Lipinski definition) is 5. The first-order valence-corrected chi connectivity index (χ1v) is 8.78. The zero-order valence-electron chi connectivity index (χ0n) is 14.2. The summed E-state index contributed by atoms with van der Waals surface area (Å²) in [6.07, 6.45) is 1.79. The van der Waals surface area contributed by atoms with Gasteiger partial charge in [-0.2, -0.15) is 0 Å². The van der Waals surface area contributed by atoms with E-state index in [0.29, 0.717) is 25.9 Å². The van der Waals surface area contributed by atoms with Crippen molar-refractivity contribution in [2.24, 2.45) is 0 Å². The van der Waals surface area contributed by atoms with Gasteiger partial charge in [0.25, 0.3) is 0 Å². The van der Waals surface area contributed by atoms with Gasteiger partial charge in [-0.15, -0.1) is 11.3 Å². The van der Waals surface area contributed by atoms with Crippen molar-refractivity contribution < 1.29 is 14.3 Å². The van der Waals surface area contributed by atoms with Crippen LogP contribution in [0.5, 0.6) is 0 Å². The van der Waals surface area contributed by atoms with Crippen molar-refractivity contribution >= 4 is 23.3 Å². The predicted octanol–water partition coefficient (Wildman–Crippen LogP) is 2.33. The first kappa shape index (κ1) is 17.7. The number of rotatable bonds is 4. The quantitative estimate of drug-likeness (QED) is 0.914. The van der Waals surface area contributed by atoms with Gasteiger partial charge < -0.3 is 10.1 Å². The molecule has 2 heterocycles. The molecule has 6 nitrogen and oxygen atoms in total. The van der Waals surface area contributed by atoms with Crippen molar-refractivity contribution in [1.29, 1.82) is 0 Å². The van der Waals surface area contributed by atoms with Crippen molar-refractivity contribution in [3.8, 4) is 0 Å². The zero-order chi connectivity index (χ0) is 17.0. The molecule has 0 radical (unpaired) electrons. The van der Waals surface area contributed by atoms with Crippen LogP contribution in [0, 0.1) is 0 Å². The van der Waals surface area contributed by atoms with Crippen LogP contribution < -0.4 is 5.32 Å². The van der Waals surface area contributed by atoms with E-state index in [9.17, 15) is 9.59 Å². The maximum Gasteiger partial charge on any atom is 0.410 e. The van der Waals surface area contributed by atoms with Crippen LogP contribution in [0.2, 0.25) is 0 Å². The first-order chi connectivity index (χ1) is 10.8. The average molecular weight is 339 g/mol. The SMILES string of the molecule is COC(=O)N1CCC[C@@H]1C(=O)NCCc1nc(C(C)(C)C)cs1. The molecule has 1 aliphatic heterocycles. The number of thiazole rings is 1. The Balaban J connectivity index is 1.83. The largest absolute Gasteiger partial charge is 0.453 e. The summed E-state index contributed by atoms with van der Waals surface area (Å²) in [7, 11) is 1.34. The van der Waals surface area contributed by atoms with E-state index in [-0.39, 0.29) is 11.3 Å². The number of hydrogen-bond donors (Lipinski definition) is 1. The number of nitrogens with one attached hydrogen (secondary N) is 1. The maximum atomic E-state index is 12.3. The fourth-order valence-corrected chi connectivity index (χ4v) is 3.58. The second-order valence-electron chi connectivity index (χ2n) is 6.74. The first-order valence-electron chi connectivity index (χ1n) is 7.90. The summed E-state index contributed by atoms with van der Waals surface area (Å²) in [5, 5.41) is 6.00. The van der Waals surface area contributed by atoms with Gasteiger partial charge in [-0.1, -0.05) is 20.8 Å². The fraction of sp³-hybridized carbons (Fsp3) is 0.688. The molecule has 1 atom stereocenters. The summed E-state index contributed by atoms with van der Waals surface area (Å²) in [6, 6.07) is -0.413. The van der Waals surface area contributed by atoms with Crippen LogP contribution in [0.15, 0.2) is 5.38 Å². The van der Waals surface area contributed by atoms with Crippen molar-refractivity contribution in [1.82, 2.24) is 15.2 Å². The van der Waals surface area contributed by atoms with E-state index in [2.05, 4.69) is 36.5 Å². The number of amides is 2. The van der Waals surface area contributed by atoms with Gasteiger partial charge in [0.05, 0.1) is 17.8 Å². The lowest BCUT2D eigenvalue weighted by Crippen LogP contribution is -2.46. The van der Waals surface area contributed by atoms with Gasteiger partial charge in [-0.25, -0.2) is 9.78 Å². The summed E-state index contributed by atoms with van der Waals surface area (Å²) in [5.74, 6) is -0.111. The number of ether oxygens (including phenoxy) is 1. The van der Waals surface area contributed by atoms with E-state index >= 15 is 0 Å². The Morgan fingerprint density at radius 2 is 2.22 bits per heavy atom. The van der Waals surface area contributed by atoms with Crippen LogP contribution in [0.1, 0.15) is 44.3 Å². The maximum absolute atomic E-state index is 12.3. The molecule has 0 spiro atoms. The number of likely N-dealkylation sites (tertiary alicyclic amines) is 1. The summed E-state index contributed by atoms with van der Waals surface area (Å²) >= 11 is 1.62. The van der Waals surface area contributed by atoms with Gasteiger partial charge >= 0.3 is 6.09 Å². The molecule has 1 aromatic heterocycles. The van der Waals surface area contributed by atoms with Crippen LogP contribution in [0.3, 0.4) is 0 Å². The van der Waals surface area contributed by atoms with E-state index in [1.165, 1.54) is 12.0 Å². The Bertz CT molecular complexity index is 565. The third-order valence-electron chi connectivity index (χ3n) is 3.92. The minimum atomic E-state index is -0.433. The zero-order valence-corrected chi connectivity index (χ0v) is 15.0. The fourth-order valence-electron chi connectivity index (χ4n) is 2.56. The smallest absolute Gasteiger partial charge is 0.410 e. The Morgan fingerprint density at radius 1 is 1.48 bits per heavy atom. The average Bonchev–Trinajstić information content (AvgIpc) is 3.14. The van der Waals surface area contributed by atoms with E-state index in [4.69, 9.17) is 4.74 Å². The Labute approximate surface area is 141 Å². The van der Waals surface area contributed by atoms with Crippen molar-refractivity contribution in [2.75, 3.05) is 20.2 Å². The van der Waals surface area contributed by atoms with Gasteiger partial charge in [0.1, 0.15) is 6.04 Å². The minimum absolute atomic E-state index is 0.0445. The van der Waals surface area contributed by atoms with Crippen LogP contribution >= 0.6 is 11.3 Å². The molecule has 23 heavy (non-hydrogen) atoms. The summed E-state index contributed by atoms with van der Waals surface area (Å²) in [4.78, 5) is 30.0. The standard InChI is InChI=1S/C16H25N3O3S/c1-16(2,3)12-10-23-13(18-12)7-8-17-14(20)11-6-5-9-19(11)15(21)22-4/h10-11H,5-9H2,1-4H3,(H,17,20)/t11-/m1/s1. The monoisotopic (exact) mass is 339 g/mol. The molecular formula is C16H25N3O3S. The van der Waals surface area contributed by atoms with Gasteiger partial charge in [-0.05, 0) is 12.8 Å². The van der Waals surface area contributed by atoms with Crippen LogP contribution in [-0.2, 0) is 21.4 Å². The topological polar surface area (TPSA) is 71.5 Å². The molecule has 0 aliphatic carbocycles. The molecule has 2 amide bonds. The minimum Gasteiger partial charge on any atom is -0.453 e. The number of carbonyl (C=O) groups excluding carboxylic acids is 2. The molecule has 1 aromatic rings. The Kier molecular flexibility index (Phi) is 5.62. The van der Waals surface area contributed by atoms with Crippen molar-refractivity contribution in [2.45, 2.75) is 51.5 Å². The van der Waals surface area contributed by atoms with Crippen molar-refractivity contribution in [3.63, 3.8) is 0 Å². The van der Waals surface area contributed by atoms with Crippen molar-refractivity contribution in [3.05, 3.63) is 16.1 Å². The molecule has 1 saturated heterocycles. The van der Waals surface area contributed by atoms with E-state index in [1.807, 2.05) is 0 Å². The lowest BCUT2D eigenvalue weighted by atomic mass is 9.93. The van der Waals surface area contributed by atoms with Gasteiger partial charge in [-0.3, -0.25) is 9.69 Å². The number of nitrogens with zero attached hydrogens (tertiary/aromatic N) is 2. The molecule has 7 heteroatoms. The molecule has 1 aliphatic rings. The highest BCUT2D eigenvalue weighted by atomic mass is 32.1. The molecule has 0 aromatic carbocycles. The molecular weight excluding hydrogens is 314 g/mol. The molecule has 0 unspecified atom stereocenters. The number of methoxy groups -OCH3 is 1. The highest BCUT2D eigenvalue weighted by Crippen LogP contribution is 2.24. The molecule has 0 saturated carbocycles. The third-order valence-corrected chi connectivity index (χ3v) is 4.83. The highest BCUT2D eigenvalue weighted by Gasteiger charge is 2.34. The second-order valence-corrected chi connectivity index (χ2v) is 7.68. The Hall–Kier alpha value is -1.63. The normalized spacial score (nSPS) is 18.1. The third kappa shape index (κ3) is 4.43. The van der Waals surface area contributed by atoms with E-state index in [1.54, 1.807) is 11.3 Å². The number of carbonyl (C=O) groups is 2. The van der Waals surface area contributed by atoms with E-state index in [0.717, 1.165) is 17.1 Å². The van der Waals surface area contributed by atoms with Crippen LogP contribution in [0.4, 0.5) is 4.79 Å². The highest BCUT2D eigenvalue weighted by molar-refractivity contribution is 7.09. The molecule has 0 bridgehead atoms. The van der Waals surface area contributed by atoms with Gasteiger partial charge in [0.2, 0.25) is 5.91 Å². The summed E-state index contributed by atoms with van der Waals surface area (Å²) < 4.78 is 4.72. The molecule has 1 fully saturated rings. The predicted molar refractivity (Wildman–Crippen MR) is 89.7 cm³/mol. The molecule has 2 rings (SSSR count). The lowest BCUT2D eigenvalue weighted by molar-refractivity contribution is -0.125. The van der Waals surface area contributed by atoms with Gasteiger partial charge in [0.15, 0.2) is 0 Å². The van der Waals surface area contributed by atoms with Crippen LogP contribution in [-0.4, -0.2) is 48.1 Å². The van der Waals surface area contributed by atoms with Crippen LogP contribution in [0.25, 0.3) is 0 Å². The lowest BCUT2D eigenvalue weighted by Gasteiger charge is -2.22. The molecule has 1 N–H and O–H groups in total. The van der Waals surface area contributed by atoms with Gasteiger partial charge in [0, 0.05) is 30.3 Å². The number of aromatic nitrogens is 1. The second kappa shape index (κ2) is 7.29. The summed E-state index contributed by atoms with van der Waals surface area (Å²) in [6.45, 7) is 7.51. The summed E-state index contributed by atoms with van der Waals surface area (Å²) in [5.41, 5.74) is 1.12. The van der Waals surface area contributed by atoms with E-state index < -0.39 is 12.1 Å². The molecule has 128 valence electrons.